The molecular weight excluding hydrogens is 383 g/mol. The third-order valence-corrected chi connectivity index (χ3v) is 5.64. The van der Waals surface area contributed by atoms with Gasteiger partial charge >= 0.3 is 0 Å². The number of carbonyl (C=O) groups is 2. The first-order valence-corrected chi connectivity index (χ1v) is 9.85. The average molecular weight is 403 g/mol. The van der Waals surface area contributed by atoms with Crippen LogP contribution in [0.25, 0.3) is 0 Å². The number of benzene rings is 2. The van der Waals surface area contributed by atoms with Crippen molar-refractivity contribution < 1.29 is 9.59 Å². The Bertz CT molecular complexity index is 882. The van der Waals surface area contributed by atoms with Gasteiger partial charge in [0.25, 0.3) is 0 Å². The maximum Gasteiger partial charge on any atom is 0.242 e. The Kier molecular flexibility index (Phi) is 5.22. The first-order chi connectivity index (χ1) is 13.0. The van der Waals surface area contributed by atoms with Crippen molar-refractivity contribution in [2.75, 3.05) is 18.4 Å². The van der Waals surface area contributed by atoms with Crippen LogP contribution in [0.5, 0.6) is 0 Å². The Morgan fingerprint density at radius 2 is 1.78 bits per heavy atom. The summed E-state index contributed by atoms with van der Waals surface area (Å²) in [6.45, 7) is 1.07. The van der Waals surface area contributed by atoms with Crippen molar-refractivity contribution in [3.8, 4) is 0 Å². The van der Waals surface area contributed by atoms with E-state index < -0.39 is 12.0 Å². The molecule has 2 fully saturated rings. The molecule has 1 N–H and O–H groups in total. The van der Waals surface area contributed by atoms with E-state index in [0.29, 0.717) is 28.2 Å². The highest BCUT2D eigenvalue weighted by molar-refractivity contribution is 6.31. The van der Waals surface area contributed by atoms with Gasteiger partial charge in [-0.2, -0.15) is 0 Å². The predicted molar refractivity (Wildman–Crippen MR) is 107 cm³/mol. The summed E-state index contributed by atoms with van der Waals surface area (Å²) < 4.78 is 0. The summed E-state index contributed by atoms with van der Waals surface area (Å²) in [7, 11) is 0. The second-order valence-electron chi connectivity index (χ2n) is 7.32. The zero-order chi connectivity index (χ0) is 19.0. The minimum absolute atomic E-state index is 0.0594. The van der Waals surface area contributed by atoms with E-state index in [2.05, 4.69) is 5.32 Å². The number of hydrogen-bond acceptors (Lipinski definition) is 3. The molecule has 140 valence electrons. The summed E-state index contributed by atoms with van der Waals surface area (Å²) in [5, 5.41) is 4.05. The Labute approximate surface area is 168 Å². The normalized spacial score (nSPS) is 22.8. The molecule has 1 aliphatic heterocycles. The van der Waals surface area contributed by atoms with Gasteiger partial charge in [0.1, 0.15) is 6.04 Å². The highest BCUT2D eigenvalue weighted by Gasteiger charge is 2.47. The van der Waals surface area contributed by atoms with Crippen LogP contribution in [-0.2, 0) is 9.59 Å². The van der Waals surface area contributed by atoms with Gasteiger partial charge in [-0.05, 0) is 54.7 Å². The number of anilines is 1. The molecule has 27 heavy (non-hydrogen) atoms. The molecule has 0 spiro atoms. The van der Waals surface area contributed by atoms with E-state index >= 15 is 0 Å². The molecule has 0 radical (unpaired) electrons. The third-order valence-electron chi connectivity index (χ3n) is 5.17. The van der Waals surface area contributed by atoms with E-state index in [1.54, 1.807) is 36.4 Å². The van der Waals surface area contributed by atoms with Gasteiger partial charge in [0.2, 0.25) is 5.91 Å². The van der Waals surface area contributed by atoms with Crippen LogP contribution in [0.2, 0.25) is 10.0 Å². The number of halogens is 2. The number of amides is 1. The molecule has 1 aliphatic carbocycles. The first-order valence-electron chi connectivity index (χ1n) is 9.10. The second-order valence-corrected chi connectivity index (χ2v) is 8.19. The van der Waals surface area contributed by atoms with Crippen molar-refractivity contribution in [1.29, 1.82) is 0 Å². The maximum absolute atomic E-state index is 13.2. The van der Waals surface area contributed by atoms with Crippen molar-refractivity contribution >= 4 is 40.6 Å². The van der Waals surface area contributed by atoms with Crippen LogP contribution in [0.3, 0.4) is 0 Å². The zero-order valence-corrected chi connectivity index (χ0v) is 16.2. The van der Waals surface area contributed by atoms with Crippen LogP contribution in [0.15, 0.2) is 48.5 Å². The van der Waals surface area contributed by atoms with E-state index in [1.807, 2.05) is 17.0 Å². The molecule has 4 nitrogen and oxygen atoms in total. The summed E-state index contributed by atoms with van der Waals surface area (Å²) in [6.07, 6.45) is 2.32. The fourth-order valence-electron chi connectivity index (χ4n) is 3.76. The van der Waals surface area contributed by atoms with Gasteiger partial charge in [-0.15, -0.1) is 0 Å². The molecule has 6 heteroatoms. The van der Waals surface area contributed by atoms with Crippen molar-refractivity contribution in [3.05, 3.63) is 64.1 Å². The molecule has 1 saturated carbocycles. The van der Waals surface area contributed by atoms with Crippen LogP contribution < -0.4 is 5.32 Å². The number of Topliss-reactive ketones (excluding diaryl/α,β-unsaturated/α-hetero) is 1. The molecule has 2 aliphatic rings. The average Bonchev–Trinajstić information content (AvgIpc) is 3.36. The Morgan fingerprint density at radius 3 is 2.44 bits per heavy atom. The van der Waals surface area contributed by atoms with Gasteiger partial charge in [-0.25, -0.2) is 0 Å². The van der Waals surface area contributed by atoms with E-state index in [0.717, 1.165) is 24.9 Å². The fourth-order valence-corrected chi connectivity index (χ4v) is 4.15. The summed E-state index contributed by atoms with van der Waals surface area (Å²) in [6, 6.07) is 13.7. The lowest BCUT2D eigenvalue weighted by molar-refractivity contribution is -0.122. The number of carbonyl (C=O) groups excluding carboxylic acids is 2. The Morgan fingerprint density at radius 1 is 1.07 bits per heavy atom. The quantitative estimate of drug-likeness (QED) is 0.806. The molecule has 1 saturated heterocycles. The van der Waals surface area contributed by atoms with Crippen LogP contribution in [-0.4, -0.2) is 35.7 Å². The first kappa shape index (κ1) is 18.5. The van der Waals surface area contributed by atoms with E-state index in [-0.39, 0.29) is 11.7 Å². The minimum atomic E-state index is -0.546. The lowest BCUT2D eigenvalue weighted by atomic mass is 9.90. The minimum Gasteiger partial charge on any atom is -0.325 e. The number of likely N-dealkylation sites (tertiary alicyclic amines) is 1. The van der Waals surface area contributed by atoms with Gasteiger partial charge in [0.05, 0.1) is 12.5 Å². The van der Waals surface area contributed by atoms with Crippen LogP contribution >= 0.6 is 23.2 Å². The Hall–Kier alpha value is -1.88. The van der Waals surface area contributed by atoms with Gasteiger partial charge in [0.15, 0.2) is 5.78 Å². The molecule has 2 unspecified atom stereocenters. The van der Waals surface area contributed by atoms with E-state index in [9.17, 15) is 9.59 Å². The molecule has 1 amide bonds. The van der Waals surface area contributed by atoms with Gasteiger partial charge < -0.3 is 5.32 Å². The highest BCUT2D eigenvalue weighted by atomic mass is 35.5. The van der Waals surface area contributed by atoms with Crippen LogP contribution in [0.4, 0.5) is 5.69 Å². The molecule has 2 atom stereocenters. The molecule has 2 aromatic rings. The van der Waals surface area contributed by atoms with Crippen molar-refractivity contribution in [2.24, 2.45) is 5.92 Å². The smallest absolute Gasteiger partial charge is 0.242 e. The Balaban J connectivity index is 1.64. The van der Waals surface area contributed by atoms with Gasteiger partial charge in [-0.1, -0.05) is 41.4 Å². The maximum atomic E-state index is 13.2. The number of nitrogens with zero attached hydrogens (tertiary/aromatic N) is 1. The molecule has 2 aromatic carbocycles. The largest absolute Gasteiger partial charge is 0.325 e. The number of ketones is 1. The summed E-state index contributed by atoms with van der Waals surface area (Å²) in [4.78, 5) is 28.0. The SMILES string of the molecule is O=C1CN(CC2CC2)C(C(=O)Nc2cccc(Cl)c2)C1c1cccc(Cl)c1. The lowest BCUT2D eigenvalue weighted by Gasteiger charge is -2.26. The standard InChI is InChI=1S/C21H20Cl2N2O2/c22-15-4-1-3-14(9-15)19-18(26)12-25(11-13-7-8-13)20(19)21(27)24-17-6-2-5-16(23)10-17/h1-6,9-10,13,19-20H,7-8,11-12H2,(H,24,27). The zero-order valence-electron chi connectivity index (χ0n) is 14.7. The van der Waals surface area contributed by atoms with Crippen molar-refractivity contribution in [1.82, 2.24) is 4.90 Å². The molecular formula is C21H20Cl2N2O2. The molecule has 4 rings (SSSR count). The highest BCUT2D eigenvalue weighted by Crippen LogP contribution is 2.37. The number of hydrogen-bond donors (Lipinski definition) is 1. The predicted octanol–water partition coefficient (Wildman–Crippen LogP) is 4.38. The van der Waals surface area contributed by atoms with E-state index in [4.69, 9.17) is 23.2 Å². The lowest BCUT2D eigenvalue weighted by Crippen LogP contribution is -2.43. The molecule has 0 aromatic heterocycles. The summed E-state index contributed by atoms with van der Waals surface area (Å²) >= 11 is 12.2. The number of rotatable bonds is 5. The summed E-state index contributed by atoms with van der Waals surface area (Å²) in [5.41, 5.74) is 1.42. The molecule has 1 heterocycles. The topological polar surface area (TPSA) is 49.4 Å². The second kappa shape index (κ2) is 7.63. The van der Waals surface area contributed by atoms with Crippen molar-refractivity contribution in [3.63, 3.8) is 0 Å². The van der Waals surface area contributed by atoms with Gasteiger partial charge in [0, 0.05) is 22.3 Å². The van der Waals surface area contributed by atoms with Crippen molar-refractivity contribution in [2.45, 2.75) is 24.8 Å². The summed E-state index contributed by atoms with van der Waals surface area (Å²) in [5.74, 6) is -0.0584. The monoisotopic (exact) mass is 402 g/mol. The van der Waals surface area contributed by atoms with Crippen LogP contribution in [0, 0.1) is 5.92 Å². The van der Waals surface area contributed by atoms with Gasteiger partial charge in [-0.3, -0.25) is 14.5 Å². The number of nitrogens with one attached hydrogen (secondary N) is 1. The van der Waals surface area contributed by atoms with Crippen LogP contribution in [0.1, 0.15) is 24.3 Å². The third kappa shape index (κ3) is 4.18. The van der Waals surface area contributed by atoms with E-state index in [1.165, 1.54) is 0 Å². The molecule has 0 bridgehead atoms. The fraction of sp³-hybridized carbons (Fsp3) is 0.333.